The van der Waals surface area contributed by atoms with Crippen LogP contribution >= 0.6 is 0 Å². The van der Waals surface area contributed by atoms with Crippen molar-refractivity contribution >= 4 is 11.9 Å². The predicted octanol–water partition coefficient (Wildman–Crippen LogP) is 4.78. The molecule has 0 spiro atoms. The molecule has 0 aromatic carbocycles. The van der Waals surface area contributed by atoms with Gasteiger partial charge in [0.2, 0.25) is 5.91 Å². The Morgan fingerprint density at radius 3 is 2.60 bits per heavy atom. The second-order valence-corrected chi connectivity index (χ2v) is 7.65. The third kappa shape index (κ3) is 8.19. The summed E-state index contributed by atoms with van der Waals surface area (Å²) in [5.74, 6) is -0.852. The van der Waals surface area contributed by atoms with E-state index in [0.29, 0.717) is 13.0 Å². The Morgan fingerprint density at radius 2 is 1.96 bits per heavy atom. The van der Waals surface area contributed by atoms with Gasteiger partial charge in [-0.05, 0) is 62.5 Å². The molecule has 140 valence electrons. The quantitative estimate of drug-likeness (QED) is 0.358. The number of carboxylic acid groups (broad SMARTS) is 1. The van der Waals surface area contributed by atoms with Crippen LogP contribution in [-0.4, -0.2) is 23.5 Å². The van der Waals surface area contributed by atoms with Crippen LogP contribution in [0.4, 0.5) is 0 Å². The molecule has 0 saturated heterocycles. The van der Waals surface area contributed by atoms with E-state index in [9.17, 15) is 9.59 Å². The molecule has 0 heterocycles. The van der Waals surface area contributed by atoms with Crippen molar-refractivity contribution in [3.8, 4) is 0 Å². The van der Waals surface area contributed by atoms with Crippen molar-refractivity contribution in [2.75, 3.05) is 6.54 Å². The highest BCUT2D eigenvalue weighted by Gasteiger charge is 2.26. The van der Waals surface area contributed by atoms with Crippen LogP contribution < -0.4 is 5.32 Å². The molecule has 0 saturated carbocycles. The number of unbranched alkanes of at least 4 members (excludes halogenated alkanes) is 2. The number of rotatable bonds is 9. The lowest BCUT2D eigenvalue weighted by molar-refractivity contribution is -0.137. The van der Waals surface area contributed by atoms with Crippen LogP contribution in [0, 0.1) is 5.41 Å². The highest BCUT2D eigenvalue weighted by molar-refractivity contribution is 5.88. The Morgan fingerprint density at radius 1 is 1.24 bits per heavy atom. The SMILES string of the molecule is CC1=C(/C=C/C(C)=C/C(=O)NCCCCCC(=O)O)C(C)(C)CCC1. The van der Waals surface area contributed by atoms with E-state index in [1.165, 1.54) is 24.0 Å². The van der Waals surface area contributed by atoms with Gasteiger partial charge in [-0.1, -0.05) is 38.0 Å². The minimum atomic E-state index is -0.763. The number of hydrogen-bond donors (Lipinski definition) is 2. The number of carbonyl (C=O) groups excluding carboxylic acids is 1. The van der Waals surface area contributed by atoms with Gasteiger partial charge in [0.1, 0.15) is 0 Å². The zero-order valence-corrected chi connectivity index (χ0v) is 16.2. The number of carbonyl (C=O) groups is 2. The number of hydrogen-bond acceptors (Lipinski definition) is 2. The first-order chi connectivity index (χ1) is 11.7. The molecule has 1 aliphatic rings. The van der Waals surface area contributed by atoms with Gasteiger partial charge in [-0.2, -0.15) is 0 Å². The molecule has 4 heteroatoms. The van der Waals surface area contributed by atoms with E-state index < -0.39 is 5.97 Å². The number of amides is 1. The Labute approximate surface area is 152 Å². The summed E-state index contributed by atoms with van der Waals surface area (Å²) in [6.07, 6.45) is 11.9. The third-order valence-electron chi connectivity index (χ3n) is 4.78. The fraction of sp³-hybridized carbons (Fsp3) is 0.619. The molecular weight excluding hydrogens is 314 g/mol. The van der Waals surface area contributed by atoms with Crippen molar-refractivity contribution in [2.45, 2.75) is 72.6 Å². The molecule has 1 rings (SSSR count). The van der Waals surface area contributed by atoms with Gasteiger partial charge in [0.15, 0.2) is 0 Å². The molecule has 2 N–H and O–H groups in total. The zero-order valence-electron chi connectivity index (χ0n) is 16.2. The second kappa shape index (κ2) is 10.2. The molecule has 0 aromatic heterocycles. The predicted molar refractivity (Wildman–Crippen MR) is 102 cm³/mol. The smallest absolute Gasteiger partial charge is 0.303 e. The lowest BCUT2D eigenvalue weighted by atomic mass is 9.72. The maximum absolute atomic E-state index is 11.9. The molecule has 0 atom stereocenters. The first-order valence-electron chi connectivity index (χ1n) is 9.28. The van der Waals surface area contributed by atoms with Crippen LogP contribution in [0.1, 0.15) is 72.6 Å². The Kier molecular flexibility index (Phi) is 8.67. The first-order valence-corrected chi connectivity index (χ1v) is 9.28. The minimum Gasteiger partial charge on any atom is -0.481 e. The molecule has 0 aromatic rings. The largest absolute Gasteiger partial charge is 0.481 e. The Hall–Kier alpha value is -1.84. The summed E-state index contributed by atoms with van der Waals surface area (Å²) in [7, 11) is 0. The fourth-order valence-electron chi connectivity index (χ4n) is 3.32. The average Bonchev–Trinajstić information content (AvgIpc) is 2.49. The van der Waals surface area contributed by atoms with Gasteiger partial charge < -0.3 is 10.4 Å². The van der Waals surface area contributed by atoms with Crippen LogP contribution in [0.2, 0.25) is 0 Å². The van der Waals surface area contributed by atoms with E-state index in [0.717, 1.165) is 24.8 Å². The van der Waals surface area contributed by atoms with Gasteiger partial charge in [-0.3, -0.25) is 9.59 Å². The first kappa shape index (κ1) is 21.2. The summed E-state index contributed by atoms with van der Waals surface area (Å²) < 4.78 is 0. The molecule has 4 nitrogen and oxygen atoms in total. The average molecular weight is 347 g/mol. The van der Waals surface area contributed by atoms with Crippen molar-refractivity contribution in [1.29, 1.82) is 0 Å². The molecule has 0 fully saturated rings. The second-order valence-electron chi connectivity index (χ2n) is 7.65. The third-order valence-corrected chi connectivity index (χ3v) is 4.78. The molecule has 1 aliphatic carbocycles. The maximum Gasteiger partial charge on any atom is 0.303 e. The molecule has 0 bridgehead atoms. The highest BCUT2D eigenvalue weighted by Crippen LogP contribution is 2.40. The van der Waals surface area contributed by atoms with Crippen molar-refractivity contribution in [3.05, 3.63) is 34.9 Å². The minimum absolute atomic E-state index is 0.0889. The van der Waals surface area contributed by atoms with Crippen LogP contribution in [0.15, 0.2) is 34.9 Å². The molecule has 0 aliphatic heterocycles. The van der Waals surface area contributed by atoms with Crippen LogP contribution in [0.3, 0.4) is 0 Å². The van der Waals surface area contributed by atoms with Crippen molar-refractivity contribution in [2.24, 2.45) is 5.41 Å². The number of nitrogens with one attached hydrogen (secondary N) is 1. The standard InChI is InChI=1S/C21H33NO3/c1-16(11-12-18-17(2)9-8-13-21(18,3)4)15-19(23)22-14-7-5-6-10-20(24)25/h11-12,15H,5-10,13-14H2,1-4H3,(H,22,23)(H,24,25)/b12-11+,16-15+. The molecule has 1 amide bonds. The summed E-state index contributed by atoms with van der Waals surface area (Å²) in [6, 6.07) is 0. The van der Waals surface area contributed by atoms with Gasteiger partial charge in [0, 0.05) is 19.0 Å². The van der Waals surface area contributed by atoms with Crippen molar-refractivity contribution in [3.63, 3.8) is 0 Å². The van der Waals surface area contributed by atoms with E-state index in [4.69, 9.17) is 5.11 Å². The van der Waals surface area contributed by atoms with Gasteiger partial charge in [-0.25, -0.2) is 0 Å². The molecule has 25 heavy (non-hydrogen) atoms. The summed E-state index contributed by atoms with van der Waals surface area (Å²) >= 11 is 0. The summed E-state index contributed by atoms with van der Waals surface area (Å²) in [5.41, 5.74) is 3.98. The van der Waals surface area contributed by atoms with Crippen LogP contribution in [0.5, 0.6) is 0 Å². The van der Waals surface area contributed by atoms with Gasteiger partial charge in [0.25, 0.3) is 0 Å². The molecule has 0 unspecified atom stereocenters. The number of carboxylic acids is 1. The van der Waals surface area contributed by atoms with Crippen LogP contribution in [0.25, 0.3) is 0 Å². The fourth-order valence-corrected chi connectivity index (χ4v) is 3.32. The number of allylic oxidation sites excluding steroid dienone is 5. The van der Waals surface area contributed by atoms with E-state index in [-0.39, 0.29) is 17.7 Å². The molecular formula is C21H33NO3. The van der Waals surface area contributed by atoms with E-state index >= 15 is 0 Å². The lowest BCUT2D eigenvalue weighted by Crippen LogP contribution is -2.22. The van der Waals surface area contributed by atoms with Gasteiger partial charge >= 0.3 is 5.97 Å². The van der Waals surface area contributed by atoms with E-state index in [2.05, 4.69) is 32.2 Å². The van der Waals surface area contributed by atoms with Crippen molar-refractivity contribution in [1.82, 2.24) is 5.32 Å². The normalized spacial score (nSPS) is 17.8. The highest BCUT2D eigenvalue weighted by atomic mass is 16.4. The summed E-state index contributed by atoms with van der Waals surface area (Å²) in [5, 5.41) is 11.4. The van der Waals surface area contributed by atoms with Gasteiger partial charge in [0.05, 0.1) is 0 Å². The van der Waals surface area contributed by atoms with Crippen molar-refractivity contribution < 1.29 is 14.7 Å². The zero-order chi connectivity index (χ0) is 18.9. The Bertz CT molecular complexity index is 568. The number of aliphatic carboxylic acids is 1. The lowest BCUT2D eigenvalue weighted by Gasteiger charge is -2.32. The summed E-state index contributed by atoms with van der Waals surface area (Å²) in [6.45, 7) is 9.30. The Balaban J connectivity index is 2.44. The van der Waals surface area contributed by atoms with E-state index in [1.807, 2.05) is 13.0 Å². The maximum atomic E-state index is 11.9. The monoisotopic (exact) mass is 347 g/mol. The summed E-state index contributed by atoms with van der Waals surface area (Å²) in [4.78, 5) is 22.3. The van der Waals surface area contributed by atoms with Crippen LogP contribution in [-0.2, 0) is 9.59 Å². The topological polar surface area (TPSA) is 66.4 Å². The van der Waals surface area contributed by atoms with E-state index in [1.54, 1.807) is 6.08 Å². The van der Waals surface area contributed by atoms with Gasteiger partial charge in [-0.15, -0.1) is 0 Å². The molecule has 0 radical (unpaired) electrons.